The molecule has 8 nitrogen and oxygen atoms in total. The SMILES string of the molecule is Cc1sc(C(=O)NCc2ccc(S(=O)(=O)N3CCCC3)cc2)cc1[N+](=O)[O-]. The van der Waals surface area contributed by atoms with Gasteiger partial charge >= 0.3 is 0 Å². The molecule has 1 fully saturated rings. The summed E-state index contributed by atoms with van der Waals surface area (Å²) in [6, 6.07) is 7.66. The van der Waals surface area contributed by atoms with E-state index in [2.05, 4.69) is 5.32 Å². The van der Waals surface area contributed by atoms with Crippen molar-refractivity contribution in [2.45, 2.75) is 31.2 Å². The Balaban J connectivity index is 1.64. The Morgan fingerprint density at radius 2 is 1.89 bits per heavy atom. The lowest BCUT2D eigenvalue weighted by Gasteiger charge is -2.15. The van der Waals surface area contributed by atoms with Crippen LogP contribution in [0.1, 0.15) is 33.0 Å². The summed E-state index contributed by atoms with van der Waals surface area (Å²) in [6.07, 6.45) is 1.76. The quantitative estimate of drug-likeness (QED) is 0.583. The van der Waals surface area contributed by atoms with Crippen molar-refractivity contribution >= 4 is 33.0 Å². The van der Waals surface area contributed by atoms with Crippen LogP contribution in [-0.2, 0) is 16.6 Å². The first-order valence-corrected chi connectivity index (χ1v) is 10.7. The predicted octanol–water partition coefficient (Wildman–Crippen LogP) is 2.68. The molecule has 0 unspecified atom stereocenters. The standard InChI is InChI=1S/C17H19N3O5S2/c1-12-15(20(22)23)10-16(26-12)17(21)18-11-13-4-6-14(7-5-13)27(24,25)19-8-2-3-9-19/h4-7,10H,2-3,8-9,11H2,1H3,(H,18,21). The first-order valence-electron chi connectivity index (χ1n) is 8.41. The third-order valence-corrected chi connectivity index (χ3v) is 7.34. The Labute approximate surface area is 161 Å². The summed E-state index contributed by atoms with van der Waals surface area (Å²) in [4.78, 5) is 23.5. The molecule has 1 aliphatic heterocycles. The van der Waals surface area contributed by atoms with E-state index in [1.54, 1.807) is 19.1 Å². The van der Waals surface area contributed by atoms with Crippen LogP contribution < -0.4 is 5.32 Å². The summed E-state index contributed by atoms with van der Waals surface area (Å²) >= 11 is 1.07. The molecule has 0 aliphatic carbocycles. The molecule has 3 rings (SSSR count). The summed E-state index contributed by atoms with van der Waals surface area (Å²) in [7, 11) is -3.46. The van der Waals surface area contributed by atoms with Gasteiger partial charge in [-0.25, -0.2) is 8.42 Å². The van der Waals surface area contributed by atoms with E-state index in [9.17, 15) is 23.3 Å². The van der Waals surface area contributed by atoms with Gasteiger partial charge in [-0.3, -0.25) is 14.9 Å². The minimum atomic E-state index is -3.46. The molecule has 1 aliphatic rings. The molecule has 0 radical (unpaired) electrons. The van der Waals surface area contributed by atoms with E-state index in [-0.39, 0.29) is 22.0 Å². The minimum Gasteiger partial charge on any atom is -0.347 e. The van der Waals surface area contributed by atoms with Gasteiger partial charge < -0.3 is 5.32 Å². The summed E-state index contributed by atoms with van der Waals surface area (Å²) in [5, 5.41) is 13.6. The van der Waals surface area contributed by atoms with Crippen LogP contribution in [0.25, 0.3) is 0 Å². The molecule has 1 aromatic heterocycles. The number of sulfonamides is 1. The summed E-state index contributed by atoms with van der Waals surface area (Å²) in [6.45, 7) is 2.89. The van der Waals surface area contributed by atoms with Gasteiger partial charge in [0.05, 0.1) is 19.6 Å². The zero-order valence-corrected chi connectivity index (χ0v) is 16.3. The molecule has 144 valence electrons. The number of nitrogens with one attached hydrogen (secondary N) is 1. The van der Waals surface area contributed by atoms with Gasteiger partial charge in [0.25, 0.3) is 11.6 Å². The zero-order chi connectivity index (χ0) is 19.6. The molecule has 1 N–H and O–H groups in total. The first-order chi connectivity index (χ1) is 12.8. The van der Waals surface area contributed by atoms with E-state index in [0.29, 0.717) is 18.0 Å². The van der Waals surface area contributed by atoms with Crippen molar-refractivity contribution in [3.05, 3.63) is 55.8 Å². The summed E-state index contributed by atoms with van der Waals surface area (Å²) in [5.41, 5.74) is 0.674. The highest BCUT2D eigenvalue weighted by Gasteiger charge is 2.27. The number of nitro groups is 1. The maximum Gasteiger partial charge on any atom is 0.283 e. The van der Waals surface area contributed by atoms with Crippen molar-refractivity contribution in [3.63, 3.8) is 0 Å². The van der Waals surface area contributed by atoms with Gasteiger partial charge in [-0.05, 0) is 37.5 Å². The number of nitrogens with zero attached hydrogens (tertiary/aromatic N) is 2. The lowest BCUT2D eigenvalue weighted by molar-refractivity contribution is -0.385. The van der Waals surface area contributed by atoms with Crippen molar-refractivity contribution in [1.82, 2.24) is 9.62 Å². The molecular formula is C17H19N3O5S2. The molecule has 0 bridgehead atoms. The number of carbonyl (C=O) groups is 1. The highest BCUT2D eigenvalue weighted by molar-refractivity contribution is 7.89. The second-order valence-electron chi connectivity index (χ2n) is 6.25. The van der Waals surface area contributed by atoms with Crippen LogP contribution in [0.2, 0.25) is 0 Å². The molecular weight excluding hydrogens is 390 g/mol. The number of thiophene rings is 1. The van der Waals surface area contributed by atoms with Gasteiger partial charge in [0.2, 0.25) is 10.0 Å². The highest BCUT2D eigenvalue weighted by Crippen LogP contribution is 2.28. The molecule has 1 aromatic carbocycles. The number of hydrogen-bond acceptors (Lipinski definition) is 6. The van der Waals surface area contributed by atoms with E-state index in [1.807, 2.05) is 0 Å². The smallest absolute Gasteiger partial charge is 0.283 e. The van der Waals surface area contributed by atoms with Crippen molar-refractivity contribution in [2.75, 3.05) is 13.1 Å². The predicted molar refractivity (Wildman–Crippen MR) is 101 cm³/mol. The molecule has 10 heteroatoms. The number of carbonyl (C=O) groups excluding carboxylic acids is 1. The van der Waals surface area contributed by atoms with Crippen LogP contribution in [-0.4, -0.2) is 36.6 Å². The Morgan fingerprint density at radius 3 is 2.44 bits per heavy atom. The maximum absolute atomic E-state index is 12.5. The number of benzene rings is 1. The number of rotatable bonds is 6. The van der Waals surface area contributed by atoms with Gasteiger partial charge in [-0.15, -0.1) is 11.3 Å². The van der Waals surface area contributed by atoms with Gasteiger partial charge in [-0.2, -0.15) is 4.31 Å². The van der Waals surface area contributed by atoms with Crippen LogP contribution in [0, 0.1) is 17.0 Å². The van der Waals surface area contributed by atoms with Crippen LogP contribution >= 0.6 is 11.3 Å². The molecule has 1 saturated heterocycles. The molecule has 27 heavy (non-hydrogen) atoms. The number of amides is 1. The van der Waals surface area contributed by atoms with Crippen LogP contribution in [0.15, 0.2) is 35.2 Å². The fourth-order valence-electron chi connectivity index (χ4n) is 2.89. The third kappa shape index (κ3) is 4.18. The summed E-state index contributed by atoms with van der Waals surface area (Å²) in [5.74, 6) is -0.398. The van der Waals surface area contributed by atoms with Gasteiger partial charge in [-0.1, -0.05) is 12.1 Å². The fourth-order valence-corrected chi connectivity index (χ4v) is 5.31. The van der Waals surface area contributed by atoms with E-state index in [0.717, 1.165) is 29.7 Å². The molecule has 0 spiro atoms. The molecule has 0 atom stereocenters. The second kappa shape index (κ2) is 7.75. The van der Waals surface area contributed by atoms with Gasteiger partial charge in [0.15, 0.2) is 0 Å². The Morgan fingerprint density at radius 1 is 1.26 bits per heavy atom. The Bertz CT molecular complexity index is 961. The number of hydrogen-bond donors (Lipinski definition) is 1. The lowest BCUT2D eigenvalue weighted by Crippen LogP contribution is -2.27. The van der Waals surface area contributed by atoms with Crippen LogP contribution in [0.4, 0.5) is 5.69 Å². The Hall–Kier alpha value is -2.30. The third-order valence-electron chi connectivity index (χ3n) is 4.39. The molecule has 2 heterocycles. The van der Waals surface area contributed by atoms with Crippen molar-refractivity contribution in [3.8, 4) is 0 Å². The molecule has 0 saturated carbocycles. The topological polar surface area (TPSA) is 110 Å². The van der Waals surface area contributed by atoms with E-state index in [1.165, 1.54) is 22.5 Å². The van der Waals surface area contributed by atoms with Crippen molar-refractivity contribution < 1.29 is 18.1 Å². The van der Waals surface area contributed by atoms with Crippen molar-refractivity contribution in [2.24, 2.45) is 0 Å². The van der Waals surface area contributed by atoms with Crippen molar-refractivity contribution in [1.29, 1.82) is 0 Å². The molecule has 1 amide bonds. The van der Waals surface area contributed by atoms with Gasteiger partial charge in [0, 0.05) is 25.7 Å². The average molecular weight is 409 g/mol. The fraction of sp³-hybridized carbons (Fsp3) is 0.353. The highest BCUT2D eigenvalue weighted by atomic mass is 32.2. The zero-order valence-electron chi connectivity index (χ0n) is 14.7. The largest absolute Gasteiger partial charge is 0.347 e. The minimum absolute atomic E-state index is 0.0679. The lowest BCUT2D eigenvalue weighted by atomic mass is 10.2. The van der Waals surface area contributed by atoms with Crippen LogP contribution in [0.5, 0.6) is 0 Å². The second-order valence-corrected chi connectivity index (χ2v) is 9.44. The van der Waals surface area contributed by atoms with Gasteiger partial charge in [0.1, 0.15) is 0 Å². The first kappa shape index (κ1) is 19.5. The Kier molecular flexibility index (Phi) is 5.59. The van der Waals surface area contributed by atoms with E-state index in [4.69, 9.17) is 0 Å². The maximum atomic E-state index is 12.5. The summed E-state index contributed by atoms with van der Waals surface area (Å²) < 4.78 is 26.5. The van der Waals surface area contributed by atoms with E-state index >= 15 is 0 Å². The average Bonchev–Trinajstić information content (AvgIpc) is 3.30. The molecule has 2 aromatic rings. The normalized spacial score (nSPS) is 15.0. The van der Waals surface area contributed by atoms with E-state index < -0.39 is 20.9 Å². The monoisotopic (exact) mass is 409 g/mol. The number of aryl methyl sites for hydroxylation is 1. The van der Waals surface area contributed by atoms with Crippen LogP contribution in [0.3, 0.4) is 0 Å².